The molecule has 26 heavy (non-hydrogen) atoms. The highest BCUT2D eigenvalue weighted by Crippen LogP contribution is 2.42. The Morgan fingerprint density at radius 1 is 1.12 bits per heavy atom. The van der Waals surface area contributed by atoms with Crippen LogP contribution in [-0.2, 0) is 4.79 Å². The molecule has 1 amide bonds. The Kier molecular flexibility index (Phi) is 4.93. The molecule has 1 N–H and O–H groups in total. The molecular weight excluding hydrogens is 324 g/mol. The fourth-order valence-corrected chi connectivity index (χ4v) is 4.04. The zero-order chi connectivity index (χ0) is 17.9. The van der Waals surface area contributed by atoms with Gasteiger partial charge in [-0.3, -0.25) is 4.79 Å². The lowest BCUT2D eigenvalue weighted by Gasteiger charge is -2.37. The number of likely N-dealkylation sites (tertiary alicyclic amines) is 1. The zero-order valence-electron chi connectivity index (χ0n) is 15.3. The normalized spacial score (nSPS) is 19.4. The summed E-state index contributed by atoms with van der Waals surface area (Å²) in [5, 5.41) is 3.82. The number of fused-ring (bicyclic) bond motifs is 2. The van der Waals surface area contributed by atoms with Crippen molar-refractivity contribution in [3.8, 4) is 11.5 Å². The van der Waals surface area contributed by atoms with Gasteiger partial charge < -0.3 is 15.0 Å². The minimum Gasteiger partial charge on any atom is -0.457 e. The third-order valence-electron chi connectivity index (χ3n) is 5.32. The van der Waals surface area contributed by atoms with Gasteiger partial charge in [0, 0.05) is 36.7 Å². The maximum Gasteiger partial charge on any atom is 0.222 e. The number of carbonyl (C=O) groups excluding carboxylic acids is 1. The van der Waals surface area contributed by atoms with Crippen molar-refractivity contribution in [2.75, 3.05) is 13.1 Å². The minimum atomic E-state index is 0.0994. The fraction of sp³-hybridized carbons (Fsp3) is 0.409. The maximum absolute atomic E-state index is 12.3. The summed E-state index contributed by atoms with van der Waals surface area (Å²) in [6, 6.07) is 16.8. The monoisotopic (exact) mass is 350 g/mol. The van der Waals surface area contributed by atoms with Gasteiger partial charge in [0.05, 0.1) is 6.04 Å². The Morgan fingerprint density at radius 3 is 2.42 bits per heavy atom. The Morgan fingerprint density at radius 2 is 1.77 bits per heavy atom. The van der Waals surface area contributed by atoms with Crippen LogP contribution in [-0.4, -0.2) is 29.9 Å². The third kappa shape index (κ3) is 3.34. The summed E-state index contributed by atoms with van der Waals surface area (Å²) in [4.78, 5) is 14.3. The highest BCUT2D eigenvalue weighted by Gasteiger charge is 2.31. The van der Waals surface area contributed by atoms with Crippen molar-refractivity contribution in [3.63, 3.8) is 0 Å². The number of hydrogen-bond donors (Lipinski definition) is 1. The molecule has 0 radical (unpaired) electrons. The summed E-state index contributed by atoms with van der Waals surface area (Å²) in [6.45, 7) is 3.74. The van der Waals surface area contributed by atoms with Crippen molar-refractivity contribution in [1.29, 1.82) is 0 Å². The molecule has 0 aromatic heterocycles. The molecule has 2 aliphatic rings. The maximum atomic E-state index is 12.3. The van der Waals surface area contributed by atoms with E-state index in [-0.39, 0.29) is 11.9 Å². The van der Waals surface area contributed by atoms with Crippen LogP contribution < -0.4 is 10.1 Å². The van der Waals surface area contributed by atoms with Gasteiger partial charge in [-0.05, 0) is 31.4 Å². The molecule has 0 aliphatic carbocycles. The summed E-state index contributed by atoms with van der Waals surface area (Å²) in [5.41, 5.74) is 2.34. The second-order valence-corrected chi connectivity index (χ2v) is 7.21. The van der Waals surface area contributed by atoms with Gasteiger partial charge in [0.2, 0.25) is 5.91 Å². The quantitative estimate of drug-likeness (QED) is 0.896. The highest BCUT2D eigenvalue weighted by molar-refractivity contribution is 5.76. The molecule has 1 saturated heterocycles. The summed E-state index contributed by atoms with van der Waals surface area (Å²) in [7, 11) is 0. The number of piperidine rings is 1. The van der Waals surface area contributed by atoms with Crippen LogP contribution in [0.4, 0.5) is 0 Å². The molecule has 4 nitrogen and oxygen atoms in total. The molecule has 136 valence electrons. The van der Waals surface area contributed by atoms with Gasteiger partial charge in [-0.15, -0.1) is 0 Å². The SMILES string of the molecule is CCCC(=O)N1CCCC(NC2c3ccccc3Oc3ccccc32)C1. The van der Waals surface area contributed by atoms with E-state index in [1.165, 1.54) is 11.1 Å². The van der Waals surface area contributed by atoms with E-state index in [1.54, 1.807) is 0 Å². The summed E-state index contributed by atoms with van der Waals surface area (Å²) in [5.74, 6) is 2.11. The number of benzene rings is 2. The molecule has 0 spiro atoms. The Bertz CT molecular complexity index is 744. The average Bonchev–Trinajstić information content (AvgIpc) is 2.68. The zero-order valence-corrected chi connectivity index (χ0v) is 15.3. The van der Waals surface area contributed by atoms with Crippen LogP contribution in [0.15, 0.2) is 48.5 Å². The van der Waals surface area contributed by atoms with Crippen LogP contribution in [0.2, 0.25) is 0 Å². The molecule has 1 atom stereocenters. The Labute approximate surface area is 155 Å². The van der Waals surface area contributed by atoms with E-state index in [0.717, 1.165) is 43.9 Å². The molecule has 0 saturated carbocycles. The topological polar surface area (TPSA) is 41.6 Å². The Balaban J connectivity index is 1.57. The van der Waals surface area contributed by atoms with Gasteiger partial charge in [-0.25, -0.2) is 0 Å². The van der Waals surface area contributed by atoms with Gasteiger partial charge in [0.25, 0.3) is 0 Å². The smallest absolute Gasteiger partial charge is 0.222 e. The number of carbonyl (C=O) groups is 1. The molecule has 0 bridgehead atoms. The predicted molar refractivity (Wildman–Crippen MR) is 102 cm³/mol. The molecule has 2 aliphatic heterocycles. The molecule has 4 heteroatoms. The lowest BCUT2D eigenvalue weighted by molar-refractivity contribution is -0.132. The number of rotatable bonds is 4. The van der Waals surface area contributed by atoms with Crippen LogP contribution in [0.5, 0.6) is 11.5 Å². The van der Waals surface area contributed by atoms with Gasteiger partial charge in [-0.2, -0.15) is 0 Å². The van der Waals surface area contributed by atoms with Crippen molar-refractivity contribution >= 4 is 5.91 Å². The average molecular weight is 350 g/mol. The van der Waals surface area contributed by atoms with Crippen molar-refractivity contribution in [1.82, 2.24) is 10.2 Å². The fourth-order valence-electron chi connectivity index (χ4n) is 4.04. The van der Waals surface area contributed by atoms with Crippen LogP contribution in [0.3, 0.4) is 0 Å². The number of hydrogen-bond acceptors (Lipinski definition) is 3. The first-order chi connectivity index (χ1) is 12.8. The van der Waals surface area contributed by atoms with E-state index in [2.05, 4.69) is 36.5 Å². The van der Waals surface area contributed by atoms with E-state index >= 15 is 0 Å². The van der Waals surface area contributed by atoms with E-state index in [1.807, 2.05) is 29.2 Å². The first-order valence-electron chi connectivity index (χ1n) is 9.65. The molecule has 4 rings (SSSR count). The second-order valence-electron chi connectivity index (χ2n) is 7.21. The molecule has 2 aromatic rings. The number of amides is 1. The first-order valence-corrected chi connectivity index (χ1v) is 9.65. The van der Waals surface area contributed by atoms with Gasteiger partial charge in [-0.1, -0.05) is 43.3 Å². The van der Waals surface area contributed by atoms with Crippen LogP contribution in [0.25, 0.3) is 0 Å². The lowest BCUT2D eigenvalue weighted by atomic mass is 9.92. The summed E-state index contributed by atoms with van der Waals surface area (Å²) >= 11 is 0. The van der Waals surface area contributed by atoms with Gasteiger partial charge in [0.1, 0.15) is 11.5 Å². The standard InChI is InChI=1S/C22H26N2O2/c1-2-8-21(25)24-14-7-9-16(15-24)23-22-17-10-3-5-12-19(17)26-20-13-6-4-11-18(20)22/h3-6,10-13,16,22-23H,2,7-9,14-15H2,1H3. The number of para-hydroxylation sites is 2. The third-order valence-corrected chi connectivity index (χ3v) is 5.32. The highest BCUT2D eigenvalue weighted by atomic mass is 16.5. The number of ether oxygens (including phenoxy) is 1. The Hall–Kier alpha value is -2.33. The lowest BCUT2D eigenvalue weighted by Crippen LogP contribution is -2.49. The minimum absolute atomic E-state index is 0.0994. The summed E-state index contributed by atoms with van der Waals surface area (Å²) < 4.78 is 6.08. The number of nitrogens with one attached hydrogen (secondary N) is 1. The van der Waals surface area contributed by atoms with Gasteiger partial charge in [0.15, 0.2) is 0 Å². The van der Waals surface area contributed by atoms with Gasteiger partial charge >= 0.3 is 0 Å². The van der Waals surface area contributed by atoms with Crippen LogP contribution in [0, 0.1) is 0 Å². The van der Waals surface area contributed by atoms with Crippen molar-refractivity contribution in [2.24, 2.45) is 0 Å². The van der Waals surface area contributed by atoms with E-state index < -0.39 is 0 Å². The molecular formula is C22H26N2O2. The van der Waals surface area contributed by atoms with E-state index in [9.17, 15) is 4.79 Å². The number of nitrogens with zero attached hydrogens (tertiary/aromatic N) is 1. The molecule has 2 heterocycles. The molecule has 2 aromatic carbocycles. The summed E-state index contributed by atoms with van der Waals surface area (Å²) in [6.07, 6.45) is 3.71. The van der Waals surface area contributed by atoms with Crippen molar-refractivity contribution < 1.29 is 9.53 Å². The van der Waals surface area contributed by atoms with E-state index in [4.69, 9.17) is 4.74 Å². The molecule has 1 fully saturated rings. The van der Waals surface area contributed by atoms with Crippen molar-refractivity contribution in [3.05, 3.63) is 59.7 Å². The van der Waals surface area contributed by atoms with Crippen LogP contribution >= 0.6 is 0 Å². The first kappa shape index (κ1) is 17.1. The van der Waals surface area contributed by atoms with Crippen LogP contribution in [0.1, 0.15) is 49.8 Å². The van der Waals surface area contributed by atoms with Crippen molar-refractivity contribution in [2.45, 2.75) is 44.7 Å². The largest absolute Gasteiger partial charge is 0.457 e. The predicted octanol–water partition coefficient (Wildman–Crippen LogP) is 4.26. The van der Waals surface area contributed by atoms with E-state index in [0.29, 0.717) is 12.5 Å². The molecule has 1 unspecified atom stereocenters. The second kappa shape index (κ2) is 7.50.